The first kappa shape index (κ1) is 12.8. The Kier molecular flexibility index (Phi) is 4.06. The summed E-state index contributed by atoms with van der Waals surface area (Å²) >= 11 is 22.4. The number of halogens is 5. The molecule has 1 aromatic carbocycles. The van der Waals surface area contributed by atoms with E-state index >= 15 is 0 Å². The van der Waals surface area contributed by atoms with Crippen LogP contribution in [-0.2, 0) is 3.79 Å². The van der Waals surface area contributed by atoms with Gasteiger partial charge in [-0.05, 0) is 18.2 Å². The van der Waals surface area contributed by atoms with Crippen LogP contribution >= 0.6 is 46.4 Å². The van der Waals surface area contributed by atoms with Crippen LogP contribution in [0.25, 0.3) is 0 Å². The van der Waals surface area contributed by atoms with Crippen LogP contribution in [0.3, 0.4) is 0 Å². The maximum Gasteiger partial charge on any atom is 0.500 e. The summed E-state index contributed by atoms with van der Waals surface area (Å²) in [6.45, 7) is 0. The molecule has 0 heterocycles. The van der Waals surface area contributed by atoms with Gasteiger partial charge >= 0.3 is 6.22 Å². The molecule has 0 fully saturated rings. The predicted molar refractivity (Wildman–Crippen MR) is 57.8 cm³/mol. The Labute approximate surface area is 105 Å². The molecule has 2 nitrogen and oxygen atoms in total. The molecule has 0 unspecified atom stereocenters. The molecule has 0 atom stereocenters. The van der Waals surface area contributed by atoms with Crippen LogP contribution in [0.4, 0.5) is 9.18 Å². The van der Waals surface area contributed by atoms with Crippen molar-refractivity contribution in [1.82, 2.24) is 0 Å². The second-order valence-electron chi connectivity index (χ2n) is 2.48. The third-order valence-corrected chi connectivity index (χ3v) is 2.28. The second kappa shape index (κ2) is 4.74. The van der Waals surface area contributed by atoms with Crippen molar-refractivity contribution in [2.45, 2.75) is 3.79 Å². The minimum absolute atomic E-state index is 0.00833. The molecule has 0 aromatic heterocycles. The number of benzene rings is 1. The van der Waals surface area contributed by atoms with Gasteiger partial charge < -0.3 is 4.74 Å². The van der Waals surface area contributed by atoms with Crippen LogP contribution in [0, 0.1) is 0 Å². The topological polar surface area (TPSA) is 26.3 Å². The van der Waals surface area contributed by atoms with E-state index in [0.717, 1.165) is 0 Å². The summed E-state index contributed by atoms with van der Waals surface area (Å²) < 4.78 is 14.4. The van der Waals surface area contributed by atoms with Crippen molar-refractivity contribution in [2.24, 2.45) is 0 Å². The van der Waals surface area contributed by atoms with E-state index in [2.05, 4.69) is 4.74 Å². The van der Waals surface area contributed by atoms with Gasteiger partial charge in [0.25, 0.3) is 0 Å². The number of carbonyl (C=O) groups is 1. The van der Waals surface area contributed by atoms with Gasteiger partial charge in [0.15, 0.2) is 0 Å². The Morgan fingerprint density at radius 2 is 1.93 bits per heavy atom. The van der Waals surface area contributed by atoms with Gasteiger partial charge in [0.2, 0.25) is 3.79 Å². The molecular weight excluding hydrogens is 289 g/mol. The molecule has 15 heavy (non-hydrogen) atoms. The Balaban J connectivity index is 3.20. The van der Waals surface area contributed by atoms with Crippen molar-refractivity contribution in [3.05, 3.63) is 28.8 Å². The lowest BCUT2D eigenvalue weighted by Gasteiger charge is -2.14. The summed E-state index contributed by atoms with van der Waals surface area (Å²) in [6.07, 6.45) is -1.99. The molecule has 82 valence electrons. The van der Waals surface area contributed by atoms with Crippen molar-refractivity contribution in [3.63, 3.8) is 0 Å². The summed E-state index contributed by atoms with van der Waals surface area (Å²) in [6, 6.07) is 3.88. The summed E-state index contributed by atoms with van der Waals surface area (Å²) in [5, 5.41) is 0.273. The first-order valence-electron chi connectivity index (χ1n) is 3.55. The highest BCUT2D eigenvalue weighted by Gasteiger charge is 2.28. The molecule has 0 amide bonds. The van der Waals surface area contributed by atoms with Crippen molar-refractivity contribution in [3.8, 4) is 5.75 Å². The average molecular weight is 292 g/mol. The fourth-order valence-electron chi connectivity index (χ4n) is 0.899. The lowest BCUT2D eigenvalue weighted by Crippen LogP contribution is -2.07. The van der Waals surface area contributed by atoms with Gasteiger partial charge in [-0.15, -0.1) is 4.39 Å². The molecule has 0 aliphatic carbocycles. The number of ether oxygens (including phenoxy) is 1. The normalized spacial score (nSPS) is 11.3. The Hall–Kier alpha value is -0.220. The van der Waals surface area contributed by atoms with Crippen molar-refractivity contribution in [2.75, 3.05) is 0 Å². The van der Waals surface area contributed by atoms with Crippen LogP contribution in [0.2, 0.25) is 5.02 Å². The first-order chi connectivity index (χ1) is 6.80. The molecule has 0 saturated carbocycles. The fourth-order valence-corrected chi connectivity index (χ4v) is 1.51. The third kappa shape index (κ3) is 3.68. The molecule has 0 radical (unpaired) electrons. The van der Waals surface area contributed by atoms with E-state index in [-0.39, 0.29) is 16.3 Å². The van der Waals surface area contributed by atoms with Gasteiger partial charge in [-0.25, -0.2) is 4.79 Å². The predicted octanol–water partition coefficient (Wildman–Crippen LogP) is 4.64. The summed E-state index contributed by atoms with van der Waals surface area (Å²) in [7, 11) is 0. The third-order valence-electron chi connectivity index (χ3n) is 1.44. The van der Waals surface area contributed by atoms with Crippen LogP contribution < -0.4 is 4.74 Å². The second-order valence-corrected chi connectivity index (χ2v) is 5.20. The summed E-state index contributed by atoms with van der Waals surface area (Å²) in [5.74, 6) is -0.188. The molecular formula is C8H3Cl4FO2. The molecule has 7 heteroatoms. The van der Waals surface area contributed by atoms with Crippen LogP contribution in [-0.4, -0.2) is 6.22 Å². The number of hydrogen-bond acceptors (Lipinski definition) is 2. The highest BCUT2D eigenvalue weighted by Crippen LogP contribution is 2.44. The van der Waals surface area contributed by atoms with E-state index < -0.39 is 10.0 Å². The van der Waals surface area contributed by atoms with E-state index in [9.17, 15) is 9.18 Å². The largest absolute Gasteiger partial charge is 0.500 e. The lowest BCUT2D eigenvalue weighted by molar-refractivity contribution is 0.175. The van der Waals surface area contributed by atoms with Gasteiger partial charge in [-0.2, -0.15) is 0 Å². The highest BCUT2D eigenvalue weighted by atomic mass is 35.6. The maximum absolute atomic E-state index is 12.0. The average Bonchev–Trinajstić information content (AvgIpc) is 2.05. The monoisotopic (exact) mass is 290 g/mol. The maximum atomic E-state index is 12.0. The summed E-state index contributed by atoms with van der Waals surface area (Å²) in [5.41, 5.74) is -0.00833. The van der Waals surface area contributed by atoms with E-state index in [4.69, 9.17) is 46.4 Å². The first-order valence-corrected chi connectivity index (χ1v) is 5.06. The highest BCUT2D eigenvalue weighted by molar-refractivity contribution is 6.67. The quantitative estimate of drug-likeness (QED) is 0.557. The van der Waals surface area contributed by atoms with E-state index in [1.165, 1.54) is 18.2 Å². The van der Waals surface area contributed by atoms with Crippen molar-refractivity contribution < 1.29 is 13.9 Å². The summed E-state index contributed by atoms with van der Waals surface area (Å²) in [4.78, 5) is 10.1. The number of carbonyl (C=O) groups excluding carboxylic acids is 1. The molecule has 0 aliphatic heterocycles. The van der Waals surface area contributed by atoms with E-state index in [0.29, 0.717) is 0 Å². The van der Waals surface area contributed by atoms with E-state index in [1.54, 1.807) is 0 Å². The van der Waals surface area contributed by atoms with Crippen molar-refractivity contribution >= 4 is 52.6 Å². The number of alkyl halides is 3. The molecule has 0 saturated heterocycles. The van der Waals surface area contributed by atoms with Gasteiger partial charge in [-0.3, -0.25) is 0 Å². The van der Waals surface area contributed by atoms with Gasteiger partial charge in [-0.1, -0.05) is 46.4 Å². The van der Waals surface area contributed by atoms with Crippen LogP contribution in [0.15, 0.2) is 18.2 Å². The minimum Gasteiger partial charge on any atom is -0.401 e. The SMILES string of the molecule is O=C(F)Oc1ccc(Cl)cc1C(Cl)(Cl)Cl. The molecule has 0 N–H and O–H groups in total. The molecule has 0 spiro atoms. The Morgan fingerprint density at radius 3 is 2.40 bits per heavy atom. The van der Waals surface area contributed by atoms with Crippen LogP contribution in [0.5, 0.6) is 5.75 Å². The molecule has 1 aromatic rings. The van der Waals surface area contributed by atoms with Gasteiger partial charge in [0, 0.05) is 10.6 Å². The van der Waals surface area contributed by atoms with Crippen LogP contribution in [0.1, 0.15) is 5.56 Å². The molecule has 0 aliphatic rings. The molecule has 1 rings (SSSR count). The Bertz CT molecular complexity index is 389. The zero-order valence-corrected chi connectivity index (χ0v) is 9.96. The van der Waals surface area contributed by atoms with E-state index in [1.807, 2.05) is 0 Å². The zero-order valence-electron chi connectivity index (χ0n) is 6.94. The number of hydrogen-bond donors (Lipinski definition) is 0. The smallest absolute Gasteiger partial charge is 0.401 e. The number of rotatable bonds is 1. The Morgan fingerprint density at radius 1 is 1.33 bits per heavy atom. The van der Waals surface area contributed by atoms with Crippen molar-refractivity contribution in [1.29, 1.82) is 0 Å². The van der Waals surface area contributed by atoms with Gasteiger partial charge in [0.1, 0.15) is 5.75 Å². The standard InChI is InChI=1S/C8H3Cl4FO2/c9-4-1-2-6(15-7(13)14)5(3-4)8(10,11)12/h1-3H. The van der Waals surface area contributed by atoms with Gasteiger partial charge in [0.05, 0.1) is 0 Å². The zero-order chi connectivity index (χ0) is 11.6. The molecule has 0 bridgehead atoms. The minimum atomic E-state index is -1.99. The lowest BCUT2D eigenvalue weighted by atomic mass is 10.2. The fraction of sp³-hybridized carbons (Fsp3) is 0.125.